The van der Waals surface area contributed by atoms with Crippen molar-refractivity contribution in [2.75, 3.05) is 6.54 Å². The first kappa shape index (κ1) is 14.3. The Morgan fingerprint density at radius 2 is 2.33 bits per heavy atom. The SMILES string of the molecule is C=CCNC(=O)C(C)Oc1ccc(C)cc1CO. The molecule has 1 aromatic rings. The molecule has 1 unspecified atom stereocenters. The maximum Gasteiger partial charge on any atom is 0.261 e. The highest BCUT2D eigenvalue weighted by Gasteiger charge is 2.15. The number of hydrogen-bond donors (Lipinski definition) is 2. The van der Waals surface area contributed by atoms with E-state index < -0.39 is 6.10 Å². The molecular formula is C14H19NO3. The minimum Gasteiger partial charge on any atom is -0.481 e. The first-order chi connectivity index (χ1) is 8.58. The second-order valence-electron chi connectivity index (χ2n) is 4.06. The number of benzene rings is 1. The van der Waals surface area contributed by atoms with Gasteiger partial charge in [0.2, 0.25) is 0 Å². The zero-order valence-electron chi connectivity index (χ0n) is 10.8. The molecule has 0 fully saturated rings. The Morgan fingerprint density at radius 3 is 2.94 bits per heavy atom. The lowest BCUT2D eigenvalue weighted by Gasteiger charge is -2.16. The van der Waals surface area contributed by atoms with Gasteiger partial charge in [-0.2, -0.15) is 0 Å². The maximum absolute atomic E-state index is 11.6. The van der Waals surface area contributed by atoms with E-state index in [2.05, 4.69) is 11.9 Å². The van der Waals surface area contributed by atoms with E-state index in [-0.39, 0.29) is 12.5 Å². The van der Waals surface area contributed by atoms with Crippen LogP contribution in [-0.4, -0.2) is 23.7 Å². The number of ether oxygens (including phenoxy) is 1. The number of carbonyl (C=O) groups excluding carboxylic acids is 1. The molecule has 0 spiro atoms. The molecule has 98 valence electrons. The smallest absolute Gasteiger partial charge is 0.261 e. The van der Waals surface area contributed by atoms with E-state index in [0.29, 0.717) is 17.9 Å². The van der Waals surface area contributed by atoms with E-state index in [9.17, 15) is 9.90 Å². The lowest BCUT2D eigenvalue weighted by Crippen LogP contribution is -2.36. The third-order valence-corrected chi connectivity index (χ3v) is 2.48. The molecule has 4 heteroatoms. The van der Waals surface area contributed by atoms with Crippen molar-refractivity contribution in [1.29, 1.82) is 0 Å². The van der Waals surface area contributed by atoms with Crippen molar-refractivity contribution < 1.29 is 14.6 Å². The highest BCUT2D eigenvalue weighted by atomic mass is 16.5. The van der Waals surface area contributed by atoms with Gasteiger partial charge in [0.25, 0.3) is 5.91 Å². The summed E-state index contributed by atoms with van der Waals surface area (Å²) in [5.41, 5.74) is 1.72. The zero-order valence-corrected chi connectivity index (χ0v) is 10.8. The lowest BCUT2D eigenvalue weighted by atomic mass is 10.1. The molecular weight excluding hydrogens is 230 g/mol. The van der Waals surface area contributed by atoms with Crippen molar-refractivity contribution in [3.8, 4) is 5.75 Å². The van der Waals surface area contributed by atoms with Crippen LogP contribution in [0.3, 0.4) is 0 Å². The lowest BCUT2D eigenvalue weighted by molar-refractivity contribution is -0.127. The molecule has 0 aliphatic rings. The van der Waals surface area contributed by atoms with Crippen LogP contribution in [0.4, 0.5) is 0 Å². The summed E-state index contributed by atoms with van der Waals surface area (Å²) in [6.45, 7) is 7.42. The average Bonchev–Trinajstić information content (AvgIpc) is 2.37. The third-order valence-electron chi connectivity index (χ3n) is 2.48. The Hall–Kier alpha value is -1.81. The standard InChI is InChI=1S/C14H19NO3/c1-4-7-15-14(17)11(3)18-13-6-5-10(2)8-12(13)9-16/h4-6,8,11,16H,1,7,9H2,2-3H3,(H,15,17). The molecule has 4 nitrogen and oxygen atoms in total. The predicted octanol–water partition coefficient (Wildman–Crippen LogP) is 1.56. The van der Waals surface area contributed by atoms with Crippen LogP contribution in [0.25, 0.3) is 0 Å². The Kier molecular flexibility index (Phi) is 5.39. The van der Waals surface area contributed by atoms with Crippen LogP contribution in [0.2, 0.25) is 0 Å². The minimum absolute atomic E-state index is 0.113. The second-order valence-corrected chi connectivity index (χ2v) is 4.06. The first-order valence-electron chi connectivity index (χ1n) is 5.84. The van der Waals surface area contributed by atoms with Gasteiger partial charge in [-0.25, -0.2) is 0 Å². The van der Waals surface area contributed by atoms with Gasteiger partial charge >= 0.3 is 0 Å². The normalized spacial score (nSPS) is 11.7. The van der Waals surface area contributed by atoms with Crippen molar-refractivity contribution >= 4 is 5.91 Å². The van der Waals surface area contributed by atoms with Gasteiger partial charge in [0, 0.05) is 12.1 Å². The van der Waals surface area contributed by atoms with Crippen molar-refractivity contribution in [1.82, 2.24) is 5.32 Å². The minimum atomic E-state index is -0.613. The summed E-state index contributed by atoms with van der Waals surface area (Å²) in [5, 5.41) is 11.9. The predicted molar refractivity (Wildman–Crippen MR) is 70.4 cm³/mol. The molecule has 0 saturated heterocycles. The van der Waals surface area contributed by atoms with Crippen LogP contribution in [0.5, 0.6) is 5.75 Å². The largest absolute Gasteiger partial charge is 0.481 e. The molecule has 0 aliphatic carbocycles. The number of aryl methyl sites for hydroxylation is 1. The molecule has 0 saturated carbocycles. The van der Waals surface area contributed by atoms with Crippen LogP contribution in [0.15, 0.2) is 30.9 Å². The quantitative estimate of drug-likeness (QED) is 0.752. The van der Waals surface area contributed by atoms with Crippen molar-refractivity contribution in [3.63, 3.8) is 0 Å². The number of amides is 1. The molecule has 0 aromatic heterocycles. The molecule has 1 aromatic carbocycles. The second kappa shape index (κ2) is 6.81. The number of carbonyl (C=O) groups is 1. The maximum atomic E-state index is 11.6. The number of aliphatic hydroxyl groups excluding tert-OH is 1. The van der Waals surface area contributed by atoms with Crippen molar-refractivity contribution in [3.05, 3.63) is 42.0 Å². The van der Waals surface area contributed by atoms with E-state index in [0.717, 1.165) is 5.56 Å². The fourth-order valence-electron chi connectivity index (χ4n) is 1.51. The summed E-state index contributed by atoms with van der Waals surface area (Å²) in [6, 6.07) is 5.48. The van der Waals surface area contributed by atoms with Gasteiger partial charge in [0.05, 0.1) is 6.61 Å². The third kappa shape index (κ3) is 3.89. The van der Waals surface area contributed by atoms with Gasteiger partial charge in [-0.3, -0.25) is 4.79 Å². The van der Waals surface area contributed by atoms with E-state index in [1.807, 2.05) is 19.1 Å². The zero-order chi connectivity index (χ0) is 13.5. The average molecular weight is 249 g/mol. The Labute approximate surface area is 107 Å². The Bertz CT molecular complexity index is 429. The molecule has 18 heavy (non-hydrogen) atoms. The number of nitrogens with one attached hydrogen (secondary N) is 1. The van der Waals surface area contributed by atoms with Gasteiger partial charge in [0.15, 0.2) is 6.10 Å². The van der Waals surface area contributed by atoms with Crippen molar-refractivity contribution in [2.24, 2.45) is 0 Å². The fraction of sp³-hybridized carbons (Fsp3) is 0.357. The van der Waals surface area contributed by atoms with Crippen LogP contribution < -0.4 is 10.1 Å². The highest BCUT2D eigenvalue weighted by molar-refractivity contribution is 5.80. The van der Waals surface area contributed by atoms with E-state index in [1.54, 1.807) is 19.1 Å². The molecule has 0 bridgehead atoms. The summed E-state index contributed by atoms with van der Waals surface area (Å²) < 4.78 is 5.54. The molecule has 0 heterocycles. The Morgan fingerprint density at radius 1 is 1.61 bits per heavy atom. The highest BCUT2D eigenvalue weighted by Crippen LogP contribution is 2.21. The van der Waals surface area contributed by atoms with E-state index in [1.165, 1.54) is 0 Å². The first-order valence-corrected chi connectivity index (χ1v) is 5.84. The van der Waals surface area contributed by atoms with E-state index >= 15 is 0 Å². The summed E-state index contributed by atoms with van der Waals surface area (Å²) in [4.78, 5) is 11.6. The van der Waals surface area contributed by atoms with Gasteiger partial charge in [-0.15, -0.1) is 6.58 Å². The summed E-state index contributed by atoms with van der Waals surface area (Å²) in [5.74, 6) is 0.323. The number of aliphatic hydroxyl groups is 1. The van der Waals surface area contributed by atoms with Crippen LogP contribution in [0.1, 0.15) is 18.1 Å². The van der Waals surface area contributed by atoms with Gasteiger partial charge in [0.1, 0.15) is 5.75 Å². The van der Waals surface area contributed by atoms with Crippen LogP contribution >= 0.6 is 0 Å². The van der Waals surface area contributed by atoms with Gasteiger partial charge in [-0.1, -0.05) is 23.8 Å². The number of rotatable bonds is 6. The van der Waals surface area contributed by atoms with Crippen LogP contribution in [0, 0.1) is 6.92 Å². The molecule has 0 aliphatic heterocycles. The topological polar surface area (TPSA) is 58.6 Å². The molecule has 2 N–H and O–H groups in total. The van der Waals surface area contributed by atoms with Gasteiger partial charge < -0.3 is 15.2 Å². The summed E-state index contributed by atoms with van der Waals surface area (Å²) >= 11 is 0. The summed E-state index contributed by atoms with van der Waals surface area (Å²) in [7, 11) is 0. The molecule has 1 amide bonds. The molecule has 1 atom stereocenters. The van der Waals surface area contributed by atoms with E-state index in [4.69, 9.17) is 4.74 Å². The van der Waals surface area contributed by atoms with Crippen molar-refractivity contribution in [2.45, 2.75) is 26.6 Å². The fourth-order valence-corrected chi connectivity index (χ4v) is 1.51. The Balaban J connectivity index is 2.71. The number of hydrogen-bond acceptors (Lipinski definition) is 3. The monoisotopic (exact) mass is 249 g/mol. The molecule has 0 radical (unpaired) electrons. The van der Waals surface area contributed by atoms with Crippen LogP contribution in [-0.2, 0) is 11.4 Å². The summed E-state index contributed by atoms with van der Waals surface area (Å²) in [6.07, 6.45) is 0.994. The molecule has 1 rings (SSSR count). The van der Waals surface area contributed by atoms with Gasteiger partial charge in [-0.05, 0) is 19.9 Å².